The number of anilines is 2. The molecule has 0 atom stereocenters. The van der Waals surface area contributed by atoms with Crippen LogP contribution in [0.1, 0.15) is 25.3 Å². The van der Waals surface area contributed by atoms with Crippen LogP contribution in [0.3, 0.4) is 0 Å². The fraction of sp³-hybridized carbons (Fsp3) is 0.381. The highest BCUT2D eigenvalue weighted by molar-refractivity contribution is 7.92. The van der Waals surface area contributed by atoms with Crippen LogP contribution in [0.2, 0.25) is 0 Å². The number of amides is 1. The minimum Gasteiger partial charge on any atom is -0.497 e. The minimum atomic E-state index is -3.31. The van der Waals surface area contributed by atoms with E-state index in [1.807, 2.05) is 13.0 Å². The van der Waals surface area contributed by atoms with Gasteiger partial charge in [-0.2, -0.15) is 0 Å². The summed E-state index contributed by atoms with van der Waals surface area (Å²) in [7, 11) is -1.75. The zero-order valence-electron chi connectivity index (χ0n) is 16.7. The second kappa shape index (κ2) is 9.17. The van der Waals surface area contributed by atoms with Crippen LogP contribution < -0.4 is 19.1 Å². The van der Waals surface area contributed by atoms with Gasteiger partial charge in [0.25, 0.3) is 5.91 Å². The summed E-state index contributed by atoms with van der Waals surface area (Å²) in [5, 5.41) is 2.81. The quantitative estimate of drug-likeness (QED) is 0.712. The molecule has 156 valence electrons. The number of methoxy groups -OCH3 is 1. The molecule has 7 nitrogen and oxygen atoms in total. The summed E-state index contributed by atoms with van der Waals surface area (Å²) in [6.45, 7) is 2.21. The Labute approximate surface area is 171 Å². The van der Waals surface area contributed by atoms with Gasteiger partial charge >= 0.3 is 0 Å². The second-order valence-electron chi connectivity index (χ2n) is 6.85. The smallest absolute Gasteiger partial charge is 0.262 e. The Morgan fingerprint density at radius 1 is 1.17 bits per heavy atom. The Balaban J connectivity index is 1.65. The van der Waals surface area contributed by atoms with E-state index in [1.54, 1.807) is 43.5 Å². The van der Waals surface area contributed by atoms with Crippen molar-refractivity contribution in [2.24, 2.45) is 0 Å². The van der Waals surface area contributed by atoms with Gasteiger partial charge in [0.2, 0.25) is 10.0 Å². The average molecular weight is 419 g/mol. The molecule has 0 spiro atoms. The van der Waals surface area contributed by atoms with Crippen molar-refractivity contribution < 1.29 is 22.7 Å². The molecule has 1 amide bonds. The molecule has 0 bridgehead atoms. The van der Waals surface area contributed by atoms with Gasteiger partial charge in [-0.1, -0.05) is 13.0 Å². The highest BCUT2D eigenvalue weighted by Gasteiger charge is 2.26. The standard InChI is InChI=1S/C21H26N2O5S/c1-3-12-29(25,26)23-11-5-6-16-13-17(9-10-20(16)23)22-21(24)15-28-19-8-4-7-18(14-19)27-2/h4,7-10,13-14H,3,5-6,11-12,15H2,1-2H3,(H,22,24). The average Bonchev–Trinajstić information content (AvgIpc) is 2.71. The summed E-state index contributed by atoms with van der Waals surface area (Å²) in [6, 6.07) is 12.4. The monoisotopic (exact) mass is 418 g/mol. The molecule has 29 heavy (non-hydrogen) atoms. The van der Waals surface area contributed by atoms with Crippen LogP contribution in [0.5, 0.6) is 11.5 Å². The predicted molar refractivity (Wildman–Crippen MR) is 113 cm³/mol. The van der Waals surface area contributed by atoms with E-state index >= 15 is 0 Å². The third-order valence-corrected chi connectivity index (χ3v) is 6.62. The van der Waals surface area contributed by atoms with Gasteiger partial charge in [-0.25, -0.2) is 8.42 Å². The van der Waals surface area contributed by atoms with Gasteiger partial charge in [0.1, 0.15) is 11.5 Å². The molecule has 8 heteroatoms. The van der Waals surface area contributed by atoms with Crippen LogP contribution in [-0.2, 0) is 21.2 Å². The Morgan fingerprint density at radius 3 is 2.72 bits per heavy atom. The fourth-order valence-corrected chi connectivity index (χ4v) is 4.96. The Bertz CT molecular complexity index is 975. The molecule has 0 saturated heterocycles. The normalized spacial score (nSPS) is 13.5. The van der Waals surface area contributed by atoms with Crippen molar-refractivity contribution in [1.82, 2.24) is 0 Å². The number of rotatable bonds is 8. The molecule has 0 aromatic heterocycles. The first-order chi connectivity index (χ1) is 13.9. The number of nitrogens with zero attached hydrogens (tertiary/aromatic N) is 1. The lowest BCUT2D eigenvalue weighted by Crippen LogP contribution is -2.37. The summed E-state index contributed by atoms with van der Waals surface area (Å²) in [5.74, 6) is 1.04. The molecule has 1 aliphatic heterocycles. The lowest BCUT2D eigenvalue weighted by atomic mass is 10.0. The van der Waals surface area contributed by atoms with Crippen molar-refractivity contribution in [3.8, 4) is 11.5 Å². The van der Waals surface area contributed by atoms with Crippen LogP contribution in [0.25, 0.3) is 0 Å². The van der Waals surface area contributed by atoms with E-state index in [-0.39, 0.29) is 18.3 Å². The molecular weight excluding hydrogens is 392 g/mol. The maximum absolute atomic E-state index is 12.5. The summed E-state index contributed by atoms with van der Waals surface area (Å²) in [4.78, 5) is 12.2. The molecule has 0 unspecified atom stereocenters. The summed E-state index contributed by atoms with van der Waals surface area (Å²) in [6.07, 6.45) is 2.11. The summed E-state index contributed by atoms with van der Waals surface area (Å²) in [5.41, 5.74) is 2.25. The Morgan fingerprint density at radius 2 is 1.97 bits per heavy atom. The third kappa shape index (κ3) is 5.20. The minimum absolute atomic E-state index is 0.131. The van der Waals surface area contributed by atoms with Crippen molar-refractivity contribution in [3.05, 3.63) is 48.0 Å². The van der Waals surface area contributed by atoms with Gasteiger partial charge in [0.15, 0.2) is 6.61 Å². The van der Waals surface area contributed by atoms with Gasteiger partial charge in [-0.3, -0.25) is 9.10 Å². The van der Waals surface area contributed by atoms with Crippen LogP contribution >= 0.6 is 0 Å². The molecule has 0 radical (unpaired) electrons. The van der Waals surface area contributed by atoms with Crippen LogP contribution in [0.15, 0.2) is 42.5 Å². The van der Waals surface area contributed by atoms with Gasteiger partial charge < -0.3 is 14.8 Å². The molecular formula is C21H26N2O5S. The summed E-state index contributed by atoms with van der Waals surface area (Å²) >= 11 is 0. The lowest BCUT2D eigenvalue weighted by molar-refractivity contribution is -0.118. The molecule has 1 aliphatic rings. The van der Waals surface area contributed by atoms with E-state index in [2.05, 4.69) is 5.32 Å². The number of carbonyl (C=O) groups is 1. The first-order valence-electron chi connectivity index (χ1n) is 9.63. The van der Waals surface area contributed by atoms with Crippen molar-refractivity contribution in [3.63, 3.8) is 0 Å². The number of hydrogen-bond donors (Lipinski definition) is 1. The first kappa shape index (κ1) is 21.0. The molecule has 0 saturated carbocycles. The number of sulfonamides is 1. The number of carbonyl (C=O) groups excluding carboxylic acids is 1. The largest absolute Gasteiger partial charge is 0.497 e. The highest BCUT2D eigenvalue weighted by atomic mass is 32.2. The van der Waals surface area contributed by atoms with Gasteiger partial charge in [-0.05, 0) is 55.2 Å². The van der Waals surface area contributed by atoms with E-state index in [9.17, 15) is 13.2 Å². The highest BCUT2D eigenvalue weighted by Crippen LogP contribution is 2.32. The molecule has 1 heterocycles. The van der Waals surface area contributed by atoms with Gasteiger partial charge in [0, 0.05) is 18.3 Å². The maximum Gasteiger partial charge on any atom is 0.262 e. The van der Waals surface area contributed by atoms with E-state index in [0.717, 1.165) is 18.4 Å². The number of benzene rings is 2. The third-order valence-electron chi connectivity index (χ3n) is 4.65. The maximum atomic E-state index is 12.5. The molecule has 2 aromatic rings. The number of nitrogens with one attached hydrogen (secondary N) is 1. The molecule has 0 fully saturated rings. The fourth-order valence-electron chi connectivity index (χ4n) is 3.33. The second-order valence-corrected chi connectivity index (χ2v) is 8.86. The number of hydrogen-bond acceptors (Lipinski definition) is 5. The SMILES string of the molecule is CCCS(=O)(=O)N1CCCc2cc(NC(=O)COc3cccc(OC)c3)ccc21. The van der Waals surface area contributed by atoms with Crippen molar-refractivity contribution >= 4 is 27.3 Å². The van der Waals surface area contributed by atoms with Crippen molar-refractivity contribution in [1.29, 1.82) is 0 Å². The zero-order chi connectivity index (χ0) is 20.9. The number of fused-ring (bicyclic) bond motifs is 1. The summed E-state index contributed by atoms with van der Waals surface area (Å²) < 4.78 is 37.1. The lowest BCUT2D eigenvalue weighted by Gasteiger charge is -2.30. The van der Waals surface area contributed by atoms with Crippen molar-refractivity contribution in [2.75, 3.05) is 35.6 Å². The molecule has 1 N–H and O–H groups in total. The number of ether oxygens (including phenoxy) is 2. The topological polar surface area (TPSA) is 84.9 Å². The number of aryl methyl sites for hydroxylation is 1. The van der Waals surface area contributed by atoms with Gasteiger partial charge in [0.05, 0.1) is 18.6 Å². The molecule has 0 aliphatic carbocycles. The van der Waals surface area contributed by atoms with Crippen LogP contribution in [-0.4, -0.2) is 40.3 Å². The van der Waals surface area contributed by atoms with E-state index in [0.29, 0.717) is 35.8 Å². The van der Waals surface area contributed by atoms with E-state index < -0.39 is 10.0 Å². The molecule has 3 rings (SSSR count). The molecule has 2 aromatic carbocycles. The van der Waals surface area contributed by atoms with Gasteiger partial charge in [-0.15, -0.1) is 0 Å². The van der Waals surface area contributed by atoms with Crippen LogP contribution in [0.4, 0.5) is 11.4 Å². The Kier molecular flexibility index (Phi) is 6.64. The zero-order valence-corrected chi connectivity index (χ0v) is 17.5. The van der Waals surface area contributed by atoms with Crippen molar-refractivity contribution in [2.45, 2.75) is 26.2 Å². The predicted octanol–water partition coefficient (Wildman–Crippen LogP) is 3.21. The van der Waals surface area contributed by atoms with E-state index in [1.165, 1.54) is 4.31 Å². The first-order valence-corrected chi connectivity index (χ1v) is 11.2. The van der Waals surface area contributed by atoms with Crippen LogP contribution in [0, 0.1) is 0 Å². The van der Waals surface area contributed by atoms with E-state index in [4.69, 9.17) is 9.47 Å². The Hall–Kier alpha value is -2.74.